The third-order valence-corrected chi connectivity index (χ3v) is 4.12. The van der Waals surface area contributed by atoms with Gasteiger partial charge in [-0.15, -0.1) is 0 Å². The summed E-state index contributed by atoms with van der Waals surface area (Å²) < 4.78 is 15.9. The molecule has 1 aliphatic rings. The quantitative estimate of drug-likeness (QED) is 0.759. The van der Waals surface area contributed by atoms with E-state index >= 15 is 0 Å². The summed E-state index contributed by atoms with van der Waals surface area (Å²) in [5, 5.41) is 13.1. The maximum Gasteiger partial charge on any atom is 0.231 e. The molecule has 0 bridgehead atoms. The summed E-state index contributed by atoms with van der Waals surface area (Å²) in [5.74, 6) is 2.04. The number of aliphatic hydroxyl groups excluding tert-OH is 1. The van der Waals surface area contributed by atoms with Crippen molar-refractivity contribution in [2.75, 3.05) is 19.9 Å². The number of ether oxygens (including phenoxy) is 3. The predicted molar refractivity (Wildman–Crippen MR) is 96.5 cm³/mol. The molecule has 0 radical (unpaired) electrons. The summed E-state index contributed by atoms with van der Waals surface area (Å²) >= 11 is 0. The first-order chi connectivity index (χ1) is 12.7. The van der Waals surface area contributed by atoms with Crippen LogP contribution in [0.5, 0.6) is 17.2 Å². The van der Waals surface area contributed by atoms with Gasteiger partial charge in [0.05, 0.1) is 19.1 Å². The van der Waals surface area contributed by atoms with Crippen LogP contribution in [0, 0.1) is 0 Å². The van der Waals surface area contributed by atoms with Gasteiger partial charge >= 0.3 is 0 Å². The Morgan fingerprint density at radius 2 is 1.96 bits per heavy atom. The lowest BCUT2D eigenvalue weighted by atomic mass is 10.1. The van der Waals surface area contributed by atoms with Crippen LogP contribution in [0.25, 0.3) is 0 Å². The van der Waals surface area contributed by atoms with Gasteiger partial charge in [-0.3, -0.25) is 4.79 Å². The molecule has 3 rings (SSSR count). The SMILES string of the molecule is CCOc1ccc(CC(=O)NCC[C@H](O)c2ccc3c(c2)OCO3)cc1. The number of amides is 1. The molecule has 0 fully saturated rings. The van der Waals surface area contributed by atoms with Crippen molar-refractivity contribution in [3.05, 3.63) is 53.6 Å². The number of benzene rings is 2. The molecule has 0 aliphatic carbocycles. The summed E-state index contributed by atoms with van der Waals surface area (Å²) in [6.07, 6.45) is 0.0524. The van der Waals surface area contributed by atoms with Gasteiger partial charge in [0.2, 0.25) is 12.7 Å². The van der Waals surface area contributed by atoms with Crippen LogP contribution in [0.15, 0.2) is 42.5 Å². The zero-order valence-corrected chi connectivity index (χ0v) is 14.7. The van der Waals surface area contributed by atoms with Crippen molar-refractivity contribution in [3.63, 3.8) is 0 Å². The van der Waals surface area contributed by atoms with E-state index < -0.39 is 6.10 Å². The maximum absolute atomic E-state index is 12.0. The molecule has 0 unspecified atom stereocenters. The topological polar surface area (TPSA) is 77.0 Å². The fraction of sp³-hybridized carbons (Fsp3) is 0.350. The summed E-state index contributed by atoms with van der Waals surface area (Å²) in [6.45, 7) is 3.15. The van der Waals surface area contributed by atoms with E-state index in [0.29, 0.717) is 37.5 Å². The van der Waals surface area contributed by atoms with Crippen molar-refractivity contribution in [3.8, 4) is 17.2 Å². The van der Waals surface area contributed by atoms with Gasteiger partial charge in [0.25, 0.3) is 0 Å². The minimum absolute atomic E-state index is 0.0768. The molecule has 0 spiro atoms. The van der Waals surface area contributed by atoms with Gasteiger partial charge in [-0.25, -0.2) is 0 Å². The van der Waals surface area contributed by atoms with Gasteiger partial charge in [-0.2, -0.15) is 0 Å². The van der Waals surface area contributed by atoms with E-state index in [4.69, 9.17) is 14.2 Å². The van der Waals surface area contributed by atoms with Crippen molar-refractivity contribution >= 4 is 5.91 Å². The van der Waals surface area contributed by atoms with E-state index in [2.05, 4.69) is 5.32 Å². The highest BCUT2D eigenvalue weighted by Gasteiger charge is 2.16. The normalized spacial score (nSPS) is 13.3. The van der Waals surface area contributed by atoms with E-state index in [1.807, 2.05) is 31.2 Å². The fourth-order valence-electron chi connectivity index (χ4n) is 2.75. The van der Waals surface area contributed by atoms with Crippen molar-refractivity contribution < 1.29 is 24.1 Å². The smallest absolute Gasteiger partial charge is 0.231 e. The highest BCUT2D eigenvalue weighted by molar-refractivity contribution is 5.78. The van der Waals surface area contributed by atoms with E-state index in [1.54, 1.807) is 18.2 Å². The van der Waals surface area contributed by atoms with Gasteiger partial charge in [0, 0.05) is 6.54 Å². The number of aliphatic hydroxyl groups is 1. The first-order valence-corrected chi connectivity index (χ1v) is 8.71. The standard InChI is InChI=1S/C20H23NO5/c1-2-24-16-6-3-14(4-7-16)11-20(23)21-10-9-17(22)15-5-8-18-19(12-15)26-13-25-18/h3-8,12,17,22H,2,9-11,13H2,1H3,(H,21,23)/t17-/m0/s1. The van der Waals surface area contributed by atoms with E-state index in [0.717, 1.165) is 16.9 Å². The minimum Gasteiger partial charge on any atom is -0.494 e. The van der Waals surface area contributed by atoms with Gasteiger partial charge < -0.3 is 24.6 Å². The molecule has 0 saturated heterocycles. The molecule has 1 heterocycles. The number of carbonyl (C=O) groups excluding carboxylic acids is 1. The van der Waals surface area contributed by atoms with E-state index in [9.17, 15) is 9.90 Å². The molecule has 1 atom stereocenters. The number of carbonyl (C=O) groups is 1. The lowest BCUT2D eigenvalue weighted by molar-refractivity contribution is -0.120. The Morgan fingerprint density at radius 3 is 2.73 bits per heavy atom. The summed E-state index contributed by atoms with van der Waals surface area (Å²) in [5.41, 5.74) is 1.66. The Balaban J connectivity index is 1.43. The van der Waals surface area contributed by atoms with Crippen molar-refractivity contribution in [1.29, 1.82) is 0 Å². The van der Waals surface area contributed by atoms with Crippen LogP contribution in [0.4, 0.5) is 0 Å². The third-order valence-electron chi connectivity index (χ3n) is 4.12. The average molecular weight is 357 g/mol. The Bertz CT molecular complexity index is 744. The summed E-state index contributed by atoms with van der Waals surface area (Å²) in [4.78, 5) is 12.0. The molecule has 1 amide bonds. The molecule has 1 aliphatic heterocycles. The molecule has 2 aromatic rings. The molecule has 2 aromatic carbocycles. The van der Waals surface area contributed by atoms with E-state index in [1.165, 1.54) is 0 Å². The second-order valence-corrected chi connectivity index (χ2v) is 6.02. The van der Waals surface area contributed by atoms with Crippen molar-refractivity contribution in [2.45, 2.75) is 25.9 Å². The Kier molecular flexibility index (Phi) is 5.96. The number of hydrogen-bond donors (Lipinski definition) is 2. The van der Waals surface area contributed by atoms with Gasteiger partial charge in [0.1, 0.15) is 5.75 Å². The van der Waals surface area contributed by atoms with Gasteiger partial charge in [0.15, 0.2) is 11.5 Å². The zero-order chi connectivity index (χ0) is 18.4. The fourth-order valence-corrected chi connectivity index (χ4v) is 2.75. The molecule has 2 N–H and O–H groups in total. The molecule has 6 heteroatoms. The van der Waals surface area contributed by atoms with Gasteiger partial charge in [-0.05, 0) is 48.7 Å². The summed E-state index contributed by atoms with van der Waals surface area (Å²) in [6, 6.07) is 12.8. The highest BCUT2D eigenvalue weighted by atomic mass is 16.7. The van der Waals surface area contributed by atoms with Crippen LogP contribution in [0.1, 0.15) is 30.6 Å². The van der Waals surface area contributed by atoms with Crippen LogP contribution >= 0.6 is 0 Å². The molecular weight excluding hydrogens is 334 g/mol. The van der Waals surface area contributed by atoms with Crippen LogP contribution in [-0.4, -0.2) is 31.0 Å². The Labute approximate surface area is 152 Å². The van der Waals surface area contributed by atoms with Crippen LogP contribution in [0.3, 0.4) is 0 Å². The average Bonchev–Trinajstić information content (AvgIpc) is 3.11. The molecule has 0 saturated carbocycles. The second kappa shape index (κ2) is 8.58. The van der Waals surface area contributed by atoms with Crippen molar-refractivity contribution in [1.82, 2.24) is 5.32 Å². The Morgan fingerprint density at radius 1 is 1.19 bits per heavy atom. The lowest BCUT2D eigenvalue weighted by Crippen LogP contribution is -2.27. The predicted octanol–water partition coefficient (Wildman–Crippen LogP) is 2.60. The molecule has 0 aromatic heterocycles. The largest absolute Gasteiger partial charge is 0.494 e. The lowest BCUT2D eigenvalue weighted by Gasteiger charge is -2.12. The van der Waals surface area contributed by atoms with Crippen LogP contribution in [0.2, 0.25) is 0 Å². The number of hydrogen-bond acceptors (Lipinski definition) is 5. The first-order valence-electron chi connectivity index (χ1n) is 8.71. The third kappa shape index (κ3) is 4.67. The van der Waals surface area contributed by atoms with Gasteiger partial charge in [-0.1, -0.05) is 18.2 Å². The second-order valence-electron chi connectivity index (χ2n) is 6.02. The van der Waals surface area contributed by atoms with E-state index in [-0.39, 0.29) is 12.7 Å². The number of fused-ring (bicyclic) bond motifs is 1. The molecule has 6 nitrogen and oxygen atoms in total. The monoisotopic (exact) mass is 357 g/mol. The van der Waals surface area contributed by atoms with Crippen LogP contribution in [-0.2, 0) is 11.2 Å². The molecular formula is C20H23NO5. The maximum atomic E-state index is 12.0. The minimum atomic E-state index is -0.671. The van der Waals surface area contributed by atoms with Crippen molar-refractivity contribution in [2.24, 2.45) is 0 Å². The first kappa shape index (κ1) is 18.1. The number of rotatable bonds is 8. The summed E-state index contributed by atoms with van der Waals surface area (Å²) in [7, 11) is 0. The highest BCUT2D eigenvalue weighted by Crippen LogP contribution is 2.34. The van der Waals surface area contributed by atoms with Crippen LogP contribution < -0.4 is 19.5 Å². The number of nitrogens with one attached hydrogen (secondary N) is 1. The molecule has 26 heavy (non-hydrogen) atoms. The Hall–Kier alpha value is -2.73. The zero-order valence-electron chi connectivity index (χ0n) is 14.7. The molecule has 138 valence electrons.